The number of carbonyl (C=O) groups is 2. The number of nitrogens with zero attached hydrogens (tertiary/aromatic N) is 1. The second-order valence-corrected chi connectivity index (χ2v) is 6.44. The van der Waals surface area contributed by atoms with Crippen molar-refractivity contribution < 1.29 is 9.59 Å². The van der Waals surface area contributed by atoms with Gasteiger partial charge in [-0.15, -0.1) is 0 Å². The van der Waals surface area contributed by atoms with Gasteiger partial charge in [0.25, 0.3) is 0 Å². The minimum Gasteiger partial charge on any atom is -0.353 e. The molecule has 6 nitrogen and oxygen atoms in total. The Kier molecular flexibility index (Phi) is 5.82. The first-order valence-corrected chi connectivity index (χ1v) is 8.89. The number of urea groups is 1. The number of carbonyl (C=O) groups excluding carboxylic acids is 2. The van der Waals surface area contributed by atoms with Crippen molar-refractivity contribution in [3.63, 3.8) is 0 Å². The molecule has 1 aliphatic carbocycles. The molecule has 0 saturated heterocycles. The maximum Gasteiger partial charge on any atom is 0.319 e. The maximum atomic E-state index is 12.1. The van der Waals surface area contributed by atoms with Crippen LogP contribution in [0.3, 0.4) is 0 Å². The van der Waals surface area contributed by atoms with E-state index >= 15 is 0 Å². The van der Waals surface area contributed by atoms with Crippen LogP contribution in [0.15, 0.2) is 36.7 Å². The Labute approximate surface area is 147 Å². The summed E-state index contributed by atoms with van der Waals surface area (Å²) < 4.78 is 0. The van der Waals surface area contributed by atoms with Gasteiger partial charge >= 0.3 is 6.03 Å². The Bertz CT molecular complexity index is 736. The average Bonchev–Trinajstić information content (AvgIpc) is 2.63. The van der Waals surface area contributed by atoms with Crippen LogP contribution >= 0.6 is 0 Å². The molecular weight excluding hydrogens is 316 g/mol. The molecule has 3 amide bonds. The number of amides is 3. The molecule has 0 aliphatic heterocycles. The van der Waals surface area contributed by atoms with Crippen molar-refractivity contribution in [2.45, 2.75) is 44.6 Å². The van der Waals surface area contributed by atoms with Gasteiger partial charge in [0.1, 0.15) is 0 Å². The quantitative estimate of drug-likeness (QED) is 0.781. The third-order valence-corrected chi connectivity index (χ3v) is 4.54. The Morgan fingerprint density at radius 2 is 1.96 bits per heavy atom. The standard InChI is InChI=1S/C19H24N4O2/c24-18(22-15-6-2-1-3-7-15)10-12-21-19(25)23-17-8-4-5-14-13-20-11-9-16(14)17/h4-5,8-9,11,13,15H,1-3,6-7,10,12H2,(H,22,24)(H2,21,23,25). The number of rotatable bonds is 5. The highest BCUT2D eigenvalue weighted by atomic mass is 16.2. The molecule has 25 heavy (non-hydrogen) atoms. The van der Waals surface area contributed by atoms with Gasteiger partial charge < -0.3 is 16.0 Å². The molecule has 3 N–H and O–H groups in total. The smallest absolute Gasteiger partial charge is 0.319 e. The topological polar surface area (TPSA) is 83.1 Å². The summed E-state index contributed by atoms with van der Waals surface area (Å²) in [4.78, 5) is 28.1. The molecule has 1 heterocycles. The first-order chi connectivity index (χ1) is 12.2. The Balaban J connectivity index is 1.44. The number of aromatic nitrogens is 1. The van der Waals surface area contributed by atoms with Crippen molar-refractivity contribution in [1.82, 2.24) is 15.6 Å². The highest BCUT2D eigenvalue weighted by Gasteiger charge is 2.15. The molecule has 1 fully saturated rings. The third-order valence-electron chi connectivity index (χ3n) is 4.54. The second-order valence-electron chi connectivity index (χ2n) is 6.44. The monoisotopic (exact) mass is 340 g/mol. The van der Waals surface area contributed by atoms with Crippen molar-refractivity contribution >= 4 is 28.4 Å². The number of benzene rings is 1. The van der Waals surface area contributed by atoms with E-state index in [4.69, 9.17) is 0 Å². The van der Waals surface area contributed by atoms with Crippen LogP contribution in [0.4, 0.5) is 10.5 Å². The van der Waals surface area contributed by atoms with Crippen LogP contribution in [-0.2, 0) is 4.79 Å². The van der Waals surface area contributed by atoms with E-state index in [-0.39, 0.29) is 11.9 Å². The first kappa shape index (κ1) is 17.2. The van der Waals surface area contributed by atoms with Gasteiger partial charge in [-0.3, -0.25) is 9.78 Å². The van der Waals surface area contributed by atoms with Gasteiger partial charge in [0, 0.05) is 42.2 Å². The lowest BCUT2D eigenvalue weighted by Crippen LogP contribution is -2.38. The van der Waals surface area contributed by atoms with Crippen LogP contribution in [0.5, 0.6) is 0 Å². The Morgan fingerprint density at radius 1 is 1.12 bits per heavy atom. The molecule has 1 aliphatic rings. The summed E-state index contributed by atoms with van der Waals surface area (Å²) in [6, 6.07) is 7.52. The Hall–Kier alpha value is -2.63. The van der Waals surface area contributed by atoms with Crippen LogP contribution in [0.2, 0.25) is 0 Å². The highest BCUT2D eigenvalue weighted by molar-refractivity contribution is 6.01. The predicted molar refractivity (Wildman–Crippen MR) is 98.4 cm³/mol. The zero-order valence-corrected chi connectivity index (χ0v) is 14.3. The molecule has 132 valence electrons. The van der Waals surface area contributed by atoms with Crippen molar-refractivity contribution in [3.05, 3.63) is 36.7 Å². The van der Waals surface area contributed by atoms with Gasteiger partial charge in [-0.05, 0) is 25.0 Å². The lowest BCUT2D eigenvalue weighted by atomic mass is 9.95. The molecule has 0 spiro atoms. The molecule has 2 aromatic rings. The molecule has 1 aromatic heterocycles. The van der Waals surface area contributed by atoms with E-state index < -0.39 is 0 Å². The summed E-state index contributed by atoms with van der Waals surface area (Å²) in [5.74, 6) is 0.00318. The molecule has 0 radical (unpaired) electrons. The van der Waals surface area contributed by atoms with E-state index in [0.717, 1.165) is 29.3 Å². The summed E-state index contributed by atoms with van der Waals surface area (Å²) >= 11 is 0. The van der Waals surface area contributed by atoms with Gasteiger partial charge in [0.15, 0.2) is 0 Å². The van der Waals surface area contributed by atoms with E-state index in [1.807, 2.05) is 24.3 Å². The van der Waals surface area contributed by atoms with Crippen LogP contribution in [0.1, 0.15) is 38.5 Å². The van der Waals surface area contributed by atoms with Crippen molar-refractivity contribution in [2.75, 3.05) is 11.9 Å². The lowest BCUT2D eigenvalue weighted by molar-refractivity contribution is -0.121. The number of anilines is 1. The van der Waals surface area contributed by atoms with E-state index in [1.54, 1.807) is 12.4 Å². The zero-order valence-electron chi connectivity index (χ0n) is 14.3. The zero-order chi connectivity index (χ0) is 17.5. The van der Waals surface area contributed by atoms with Crippen LogP contribution in [0, 0.1) is 0 Å². The van der Waals surface area contributed by atoms with Gasteiger partial charge in [-0.2, -0.15) is 0 Å². The summed E-state index contributed by atoms with van der Waals surface area (Å²) in [5, 5.41) is 10.5. The Morgan fingerprint density at radius 3 is 2.80 bits per heavy atom. The first-order valence-electron chi connectivity index (χ1n) is 8.89. The SMILES string of the molecule is O=C(CCNC(=O)Nc1cccc2cnccc12)NC1CCCCC1. The van der Waals surface area contributed by atoms with Crippen LogP contribution < -0.4 is 16.0 Å². The lowest BCUT2D eigenvalue weighted by Gasteiger charge is -2.22. The van der Waals surface area contributed by atoms with Gasteiger partial charge in [0.05, 0.1) is 5.69 Å². The van der Waals surface area contributed by atoms with Crippen molar-refractivity contribution in [3.8, 4) is 0 Å². The molecule has 1 saturated carbocycles. The van der Waals surface area contributed by atoms with E-state index in [9.17, 15) is 9.59 Å². The number of nitrogens with one attached hydrogen (secondary N) is 3. The number of hydrogen-bond donors (Lipinski definition) is 3. The normalized spacial score (nSPS) is 14.9. The summed E-state index contributed by atoms with van der Waals surface area (Å²) in [7, 11) is 0. The largest absolute Gasteiger partial charge is 0.353 e. The number of hydrogen-bond acceptors (Lipinski definition) is 3. The van der Waals surface area contributed by atoms with E-state index in [1.165, 1.54) is 19.3 Å². The summed E-state index contributed by atoms with van der Waals surface area (Å²) in [6.45, 7) is 0.316. The van der Waals surface area contributed by atoms with Gasteiger partial charge in [-0.25, -0.2) is 4.79 Å². The fourth-order valence-corrected chi connectivity index (χ4v) is 3.23. The van der Waals surface area contributed by atoms with Crippen molar-refractivity contribution in [2.24, 2.45) is 0 Å². The predicted octanol–water partition coefficient (Wildman–Crippen LogP) is 3.20. The molecule has 3 rings (SSSR count). The molecule has 6 heteroatoms. The molecular formula is C19H24N4O2. The van der Waals surface area contributed by atoms with Crippen LogP contribution in [0.25, 0.3) is 10.8 Å². The van der Waals surface area contributed by atoms with Crippen LogP contribution in [-0.4, -0.2) is 29.5 Å². The number of pyridine rings is 1. The van der Waals surface area contributed by atoms with Gasteiger partial charge in [-0.1, -0.05) is 31.4 Å². The van der Waals surface area contributed by atoms with Crippen molar-refractivity contribution in [1.29, 1.82) is 0 Å². The van der Waals surface area contributed by atoms with E-state index in [2.05, 4.69) is 20.9 Å². The minimum absolute atomic E-state index is 0.00318. The fourth-order valence-electron chi connectivity index (χ4n) is 3.23. The minimum atomic E-state index is -0.310. The number of fused-ring (bicyclic) bond motifs is 1. The summed E-state index contributed by atoms with van der Waals surface area (Å²) in [5.41, 5.74) is 0.726. The van der Waals surface area contributed by atoms with Gasteiger partial charge in [0.2, 0.25) is 5.91 Å². The highest BCUT2D eigenvalue weighted by Crippen LogP contribution is 2.22. The molecule has 0 bridgehead atoms. The third kappa shape index (κ3) is 4.92. The molecule has 0 unspecified atom stereocenters. The molecule has 1 aromatic carbocycles. The van der Waals surface area contributed by atoms with E-state index in [0.29, 0.717) is 19.0 Å². The molecule has 0 atom stereocenters. The fraction of sp³-hybridized carbons (Fsp3) is 0.421. The maximum absolute atomic E-state index is 12.1. The second kappa shape index (κ2) is 8.46. The summed E-state index contributed by atoms with van der Waals surface area (Å²) in [6.07, 6.45) is 9.51. The average molecular weight is 340 g/mol.